The maximum Gasteiger partial charge on any atom is 0.217 e. The van der Waals surface area contributed by atoms with Gasteiger partial charge in [0.15, 0.2) is 18.9 Å². The van der Waals surface area contributed by atoms with Gasteiger partial charge < -0.3 is 80.1 Å². The van der Waals surface area contributed by atoms with E-state index in [-0.39, 0.29) is 0 Å². The number of aliphatic hydroxyl groups excluding tert-OH is 10. The van der Waals surface area contributed by atoms with Gasteiger partial charge in [0.25, 0.3) is 0 Å². The average molecular weight is 545 g/mol. The number of amides is 1. The molecule has 11 N–H and O–H groups in total. The molecule has 3 fully saturated rings. The van der Waals surface area contributed by atoms with Crippen molar-refractivity contribution in [2.75, 3.05) is 19.8 Å². The molecular formula is C20H35NO16. The van der Waals surface area contributed by atoms with Crippen LogP contribution in [-0.2, 0) is 28.5 Å². The lowest BCUT2D eigenvalue weighted by molar-refractivity contribution is -0.355. The standard InChI is InChI=1S/C20H35NO16/c1-5(24)21-9-12(27)17(7(3-23)34-18(9)32)37-20-16(31)14(29)11(26)8(36-20)4-33-19-15(30)13(28)10(25)6(2-22)35-19/h6-20,22-23,25-32H,2-4H2,1H3,(H,21,24). The van der Waals surface area contributed by atoms with Crippen molar-refractivity contribution in [2.24, 2.45) is 0 Å². The maximum absolute atomic E-state index is 11.4. The predicted molar refractivity (Wildman–Crippen MR) is 113 cm³/mol. The third-order valence-electron chi connectivity index (χ3n) is 6.48. The summed E-state index contributed by atoms with van der Waals surface area (Å²) < 4.78 is 26.8. The van der Waals surface area contributed by atoms with Crippen molar-refractivity contribution in [3.05, 3.63) is 0 Å². The highest BCUT2D eigenvalue weighted by Gasteiger charge is 2.51. The molecule has 0 aliphatic carbocycles. The minimum Gasteiger partial charge on any atom is -0.394 e. The van der Waals surface area contributed by atoms with Crippen LogP contribution in [0.2, 0.25) is 0 Å². The van der Waals surface area contributed by atoms with E-state index < -0.39 is 118 Å². The molecule has 15 atom stereocenters. The largest absolute Gasteiger partial charge is 0.394 e. The molecule has 0 aromatic rings. The van der Waals surface area contributed by atoms with Gasteiger partial charge in [-0.2, -0.15) is 0 Å². The van der Waals surface area contributed by atoms with Gasteiger partial charge in [0.1, 0.15) is 73.2 Å². The second-order valence-corrected chi connectivity index (χ2v) is 9.11. The summed E-state index contributed by atoms with van der Waals surface area (Å²) in [5.74, 6) is -0.620. The Labute approximate surface area is 210 Å². The third kappa shape index (κ3) is 6.55. The number of carbonyl (C=O) groups excluding carboxylic acids is 1. The zero-order valence-corrected chi connectivity index (χ0v) is 19.7. The number of nitrogens with one attached hydrogen (secondary N) is 1. The van der Waals surface area contributed by atoms with E-state index in [0.29, 0.717) is 0 Å². The lowest BCUT2D eigenvalue weighted by Gasteiger charge is -2.46. The van der Waals surface area contributed by atoms with Crippen LogP contribution in [0.25, 0.3) is 0 Å². The van der Waals surface area contributed by atoms with Crippen LogP contribution in [0.15, 0.2) is 0 Å². The van der Waals surface area contributed by atoms with Crippen molar-refractivity contribution in [3.8, 4) is 0 Å². The zero-order valence-electron chi connectivity index (χ0n) is 19.7. The normalized spacial score (nSPS) is 49.0. The first-order valence-corrected chi connectivity index (χ1v) is 11.6. The molecule has 0 saturated carbocycles. The number of hydrogen-bond acceptors (Lipinski definition) is 16. The van der Waals surface area contributed by atoms with Crippen LogP contribution in [0.1, 0.15) is 6.92 Å². The van der Waals surface area contributed by atoms with E-state index in [0.717, 1.165) is 6.92 Å². The van der Waals surface area contributed by atoms with Gasteiger partial charge in [0.2, 0.25) is 5.91 Å². The summed E-state index contributed by atoms with van der Waals surface area (Å²) in [5.41, 5.74) is 0. The topological polar surface area (TPSA) is 278 Å². The van der Waals surface area contributed by atoms with Gasteiger partial charge in [-0.3, -0.25) is 4.79 Å². The lowest BCUT2D eigenvalue weighted by atomic mass is 9.95. The Bertz CT molecular complexity index is 745. The van der Waals surface area contributed by atoms with Crippen molar-refractivity contribution in [2.45, 2.75) is 99.0 Å². The predicted octanol–water partition coefficient (Wildman–Crippen LogP) is -7.43. The van der Waals surface area contributed by atoms with Crippen LogP contribution in [0.4, 0.5) is 0 Å². The summed E-state index contributed by atoms with van der Waals surface area (Å²) in [6.07, 6.45) is -22.9. The Morgan fingerprint density at radius 1 is 0.703 bits per heavy atom. The van der Waals surface area contributed by atoms with E-state index in [2.05, 4.69) is 5.32 Å². The van der Waals surface area contributed by atoms with E-state index in [1.54, 1.807) is 0 Å². The van der Waals surface area contributed by atoms with Crippen molar-refractivity contribution in [1.82, 2.24) is 5.32 Å². The van der Waals surface area contributed by atoms with Crippen molar-refractivity contribution < 1.29 is 79.5 Å². The van der Waals surface area contributed by atoms with Gasteiger partial charge in [0, 0.05) is 6.92 Å². The molecule has 0 aromatic heterocycles. The van der Waals surface area contributed by atoms with Crippen LogP contribution in [0.3, 0.4) is 0 Å². The molecule has 3 rings (SSSR count). The minimum atomic E-state index is -1.88. The van der Waals surface area contributed by atoms with Gasteiger partial charge in [-0.05, 0) is 0 Å². The molecule has 15 unspecified atom stereocenters. The molecule has 216 valence electrons. The molecule has 17 heteroatoms. The molecule has 17 nitrogen and oxygen atoms in total. The summed E-state index contributed by atoms with van der Waals surface area (Å²) in [6, 6.07) is -1.38. The molecule has 0 aromatic carbocycles. The number of aliphatic hydroxyl groups is 10. The lowest BCUT2D eigenvalue weighted by Crippen LogP contribution is -2.67. The Hall–Kier alpha value is -1.13. The summed E-state index contributed by atoms with van der Waals surface area (Å²) in [5, 5.41) is 103. The average Bonchev–Trinajstić information content (AvgIpc) is 2.86. The molecule has 3 aliphatic rings. The second kappa shape index (κ2) is 12.8. The fraction of sp³-hybridized carbons (Fsp3) is 0.950. The van der Waals surface area contributed by atoms with Gasteiger partial charge >= 0.3 is 0 Å². The Morgan fingerprint density at radius 2 is 1.24 bits per heavy atom. The van der Waals surface area contributed by atoms with Crippen LogP contribution in [0.5, 0.6) is 0 Å². The molecule has 0 bridgehead atoms. The SMILES string of the molecule is CC(=O)NC1C(O)OC(CO)C(OC2OC(COC3OC(CO)C(O)C(O)C3O)C(O)C(O)C2O)C1O. The van der Waals surface area contributed by atoms with Crippen molar-refractivity contribution >= 4 is 5.91 Å². The molecule has 0 spiro atoms. The molecule has 0 radical (unpaired) electrons. The highest BCUT2D eigenvalue weighted by molar-refractivity contribution is 5.73. The Kier molecular flexibility index (Phi) is 10.5. The number of hydrogen-bond donors (Lipinski definition) is 11. The highest BCUT2D eigenvalue weighted by Crippen LogP contribution is 2.30. The van der Waals surface area contributed by atoms with E-state index in [4.69, 9.17) is 23.7 Å². The van der Waals surface area contributed by atoms with Crippen LogP contribution in [0, 0.1) is 0 Å². The zero-order chi connectivity index (χ0) is 27.6. The molecule has 3 aliphatic heterocycles. The number of carbonyl (C=O) groups is 1. The van der Waals surface area contributed by atoms with E-state index in [1.165, 1.54) is 0 Å². The van der Waals surface area contributed by atoms with Crippen LogP contribution in [-0.4, -0.2) is 169 Å². The third-order valence-corrected chi connectivity index (χ3v) is 6.48. The van der Waals surface area contributed by atoms with E-state index in [9.17, 15) is 55.9 Å². The van der Waals surface area contributed by atoms with Crippen LogP contribution >= 0.6 is 0 Å². The molecular weight excluding hydrogens is 510 g/mol. The molecule has 37 heavy (non-hydrogen) atoms. The van der Waals surface area contributed by atoms with Gasteiger partial charge in [-0.15, -0.1) is 0 Å². The highest BCUT2D eigenvalue weighted by atomic mass is 16.7. The summed E-state index contributed by atoms with van der Waals surface area (Å²) in [6.45, 7) is -0.962. The van der Waals surface area contributed by atoms with Crippen molar-refractivity contribution in [3.63, 3.8) is 0 Å². The van der Waals surface area contributed by atoms with Gasteiger partial charge in [-0.1, -0.05) is 0 Å². The van der Waals surface area contributed by atoms with Crippen LogP contribution < -0.4 is 5.32 Å². The summed E-state index contributed by atoms with van der Waals surface area (Å²) >= 11 is 0. The number of ether oxygens (including phenoxy) is 5. The van der Waals surface area contributed by atoms with E-state index >= 15 is 0 Å². The summed E-state index contributed by atoms with van der Waals surface area (Å²) in [4.78, 5) is 11.4. The first-order valence-electron chi connectivity index (χ1n) is 11.6. The Morgan fingerprint density at radius 3 is 1.81 bits per heavy atom. The monoisotopic (exact) mass is 545 g/mol. The van der Waals surface area contributed by atoms with Crippen molar-refractivity contribution in [1.29, 1.82) is 0 Å². The quantitative estimate of drug-likeness (QED) is 0.135. The number of rotatable bonds is 8. The minimum absolute atomic E-state index is 0.617. The Balaban J connectivity index is 1.69. The molecule has 1 amide bonds. The van der Waals surface area contributed by atoms with E-state index in [1.807, 2.05) is 0 Å². The second-order valence-electron chi connectivity index (χ2n) is 9.11. The molecule has 3 heterocycles. The first kappa shape index (κ1) is 30.4. The fourth-order valence-electron chi connectivity index (χ4n) is 4.36. The summed E-state index contributed by atoms with van der Waals surface area (Å²) in [7, 11) is 0. The van der Waals surface area contributed by atoms with Gasteiger partial charge in [0.05, 0.1) is 19.8 Å². The maximum atomic E-state index is 11.4. The smallest absolute Gasteiger partial charge is 0.217 e. The van der Waals surface area contributed by atoms with Gasteiger partial charge in [-0.25, -0.2) is 0 Å². The fourth-order valence-corrected chi connectivity index (χ4v) is 4.36. The first-order chi connectivity index (χ1) is 17.4. The molecule has 3 saturated heterocycles.